The molecule has 1 aliphatic carbocycles. The fourth-order valence-electron chi connectivity index (χ4n) is 1.59. The third-order valence-electron chi connectivity index (χ3n) is 2.57. The molecule has 1 rings (SSSR count). The molecule has 1 saturated carbocycles. The fraction of sp³-hybridized carbons (Fsp3) is 0.833. The molecule has 0 aromatic carbocycles. The summed E-state index contributed by atoms with van der Waals surface area (Å²) in [5.74, 6) is -1.68. The van der Waals surface area contributed by atoms with Gasteiger partial charge in [0, 0.05) is 24.9 Å². The van der Waals surface area contributed by atoms with Gasteiger partial charge in [-0.3, -0.25) is 0 Å². The Morgan fingerprint density at radius 1 is 1.38 bits per heavy atom. The number of hydrogen-bond acceptors (Lipinski definition) is 2. The number of alkyl halides is 2. The molecule has 0 radical (unpaired) electrons. The van der Waals surface area contributed by atoms with Crippen LogP contribution >= 0.6 is 0 Å². The van der Waals surface area contributed by atoms with Crippen molar-refractivity contribution in [2.24, 2.45) is 5.92 Å². The van der Waals surface area contributed by atoms with Crippen molar-refractivity contribution in [1.82, 2.24) is 10.6 Å². The SMILES string of the molecule is C=CNCC(C)C.CNC1(C)CC(F)(F)C1. The van der Waals surface area contributed by atoms with Crippen molar-refractivity contribution in [3.63, 3.8) is 0 Å². The Balaban J connectivity index is 0.000000293. The minimum Gasteiger partial charge on any atom is -0.391 e. The molecule has 1 aliphatic rings. The highest BCUT2D eigenvalue weighted by molar-refractivity contribution is 5.01. The minimum atomic E-state index is -2.41. The van der Waals surface area contributed by atoms with E-state index in [2.05, 4.69) is 31.1 Å². The molecule has 0 aromatic heterocycles. The first-order valence-electron chi connectivity index (χ1n) is 5.66. The van der Waals surface area contributed by atoms with E-state index in [1.165, 1.54) is 0 Å². The summed E-state index contributed by atoms with van der Waals surface area (Å²) >= 11 is 0. The maximum absolute atomic E-state index is 12.2. The van der Waals surface area contributed by atoms with E-state index in [9.17, 15) is 8.78 Å². The van der Waals surface area contributed by atoms with Gasteiger partial charge in [0.2, 0.25) is 0 Å². The van der Waals surface area contributed by atoms with Gasteiger partial charge < -0.3 is 10.6 Å². The van der Waals surface area contributed by atoms with Gasteiger partial charge in [0.15, 0.2) is 0 Å². The normalized spacial score (nSPS) is 20.4. The van der Waals surface area contributed by atoms with Crippen LogP contribution in [0.15, 0.2) is 12.8 Å². The Bertz CT molecular complexity index is 207. The smallest absolute Gasteiger partial charge is 0.251 e. The second-order valence-electron chi connectivity index (χ2n) is 5.03. The lowest BCUT2D eigenvalue weighted by molar-refractivity contribution is -0.125. The van der Waals surface area contributed by atoms with Crippen LogP contribution in [0.25, 0.3) is 0 Å². The monoisotopic (exact) mass is 234 g/mol. The first-order valence-corrected chi connectivity index (χ1v) is 5.66. The Hall–Kier alpha value is -0.640. The summed E-state index contributed by atoms with van der Waals surface area (Å²) in [6.45, 7) is 10.7. The van der Waals surface area contributed by atoms with Crippen molar-refractivity contribution in [1.29, 1.82) is 0 Å². The molecule has 96 valence electrons. The van der Waals surface area contributed by atoms with E-state index in [1.54, 1.807) is 13.2 Å². The second-order valence-corrected chi connectivity index (χ2v) is 5.03. The van der Waals surface area contributed by atoms with Crippen molar-refractivity contribution >= 4 is 0 Å². The zero-order valence-corrected chi connectivity index (χ0v) is 10.7. The van der Waals surface area contributed by atoms with Crippen LogP contribution in [-0.4, -0.2) is 25.1 Å². The van der Waals surface area contributed by atoms with Crippen LogP contribution in [-0.2, 0) is 0 Å². The summed E-state index contributed by atoms with van der Waals surface area (Å²) < 4.78 is 24.4. The van der Waals surface area contributed by atoms with Gasteiger partial charge in [-0.15, -0.1) is 0 Å². The van der Waals surface area contributed by atoms with E-state index in [4.69, 9.17) is 0 Å². The summed E-state index contributed by atoms with van der Waals surface area (Å²) in [5, 5.41) is 5.86. The average molecular weight is 234 g/mol. The van der Waals surface area contributed by atoms with Crippen molar-refractivity contribution in [2.45, 2.75) is 45.1 Å². The number of hydrogen-bond donors (Lipinski definition) is 2. The van der Waals surface area contributed by atoms with E-state index < -0.39 is 5.92 Å². The molecule has 0 heterocycles. The predicted octanol–water partition coefficient (Wildman–Crippen LogP) is 2.77. The Morgan fingerprint density at radius 2 is 1.88 bits per heavy atom. The standard InChI is InChI=1S/C6H11F2N.C6H13N/c1-5(9-2)3-6(7,8)4-5;1-4-7-5-6(2)3/h9H,3-4H2,1-2H3;4,6-7H,1,5H2,2-3H3. The summed E-state index contributed by atoms with van der Waals surface area (Å²) in [6.07, 6.45) is 1.69. The minimum absolute atomic E-state index is 0.0174. The maximum atomic E-state index is 12.2. The molecule has 0 bridgehead atoms. The van der Waals surface area contributed by atoms with Gasteiger partial charge in [-0.05, 0) is 26.1 Å². The van der Waals surface area contributed by atoms with Crippen molar-refractivity contribution < 1.29 is 8.78 Å². The Kier molecular flexibility index (Phi) is 5.94. The van der Waals surface area contributed by atoms with Crippen molar-refractivity contribution in [3.05, 3.63) is 12.8 Å². The third-order valence-corrected chi connectivity index (χ3v) is 2.57. The van der Waals surface area contributed by atoms with Crippen LogP contribution < -0.4 is 10.6 Å². The molecule has 0 spiro atoms. The van der Waals surface area contributed by atoms with Gasteiger partial charge in [0.05, 0.1) is 0 Å². The highest BCUT2D eigenvalue weighted by Crippen LogP contribution is 2.44. The Labute approximate surface area is 97.5 Å². The molecule has 2 nitrogen and oxygen atoms in total. The molecule has 0 aliphatic heterocycles. The molecule has 4 heteroatoms. The maximum Gasteiger partial charge on any atom is 0.251 e. The van der Waals surface area contributed by atoms with Crippen molar-refractivity contribution in [3.8, 4) is 0 Å². The topological polar surface area (TPSA) is 24.1 Å². The lowest BCUT2D eigenvalue weighted by Crippen LogP contribution is -2.57. The van der Waals surface area contributed by atoms with Crippen LogP contribution in [0.5, 0.6) is 0 Å². The van der Waals surface area contributed by atoms with Gasteiger partial charge in [0.25, 0.3) is 5.92 Å². The lowest BCUT2D eigenvalue weighted by atomic mass is 9.75. The molecule has 1 fully saturated rings. The average Bonchev–Trinajstić information content (AvgIpc) is 2.12. The lowest BCUT2D eigenvalue weighted by Gasteiger charge is -2.44. The third kappa shape index (κ3) is 6.05. The zero-order chi connectivity index (χ0) is 12.8. The summed E-state index contributed by atoms with van der Waals surface area (Å²) in [7, 11) is 1.72. The molecular formula is C12H24F2N2. The number of nitrogens with one attached hydrogen (secondary N) is 2. The fourth-order valence-corrected chi connectivity index (χ4v) is 1.59. The highest BCUT2D eigenvalue weighted by Gasteiger charge is 2.52. The van der Waals surface area contributed by atoms with Gasteiger partial charge in [-0.25, -0.2) is 8.78 Å². The first kappa shape index (κ1) is 15.4. The number of halogens is 2. The molecule has 0 amide bonds. The van der Waals surface area contributed by atoms with E-state index in [-0.39, 0.29) is 18.4 Å². The molecule has 0 aromatic rings. The van der Waals surface area contributed by atoms with E-state index in [0.29, 0.717) is 0 Å². The molecule has 2 N–H and O–H groups in total. The van der Waals surface area contributed by atoms with E-state index in [0.717, 1.165) is 12.5 Å². The van der Waals surface area contributed by atoms with Gasteiger partial charge in [-0.1, -0.05) is 20.4 Å². The largest absolute Gasteiger partial charge is 0.391 e. The van der Waals surface area contributed by atoms with E-state index >= 15 is 0 Å². The molecule has 0 saturated heterocycles. The predicted molar refractivity (Wildman–Crippen MR) is 64.7 cm³/mol. The molecule has 0 atom stereocenters. The van der Waals surface area contributed by atoms with Crippen LogP contribution in [0.4, 0.5) is 8.78 Å². The molecular weight excluding hydrogens is 210 g/mol. The number of rotatable bonds is 4. The van der Waals surface area contributed by atoms with Gasteiger partial charge >= 0.3 is 0 Å². The van der Waals surface area contributed by atoms with Crippen LogP contribution in [0.3, 0.4) is 0 Å². The summed E-state index contributed by atoms with van der Waals surface area (Å²) in [4.78, 5) is 0. The van der Waals surface area contributed by atoms with Crippen LogP contribution in [0.1, 0.15) is 33.6 Å². The highest BCUT2D eigenvalue weighted by atomic mass is 19.3. The zero-order valence-electron chi connectivity index (χ0n) is 10.7. The molecule has 16 heavy (non-hydrogen) atoms. The molecule has 0 unspecified atom stereocenters. The van der Waals surface area contributed by atoms with E-state index in [1.807, 2.05) is 6.92 Å². The first-order chi connectivity index (χ1) is 7.24. The van der Waals surface area contributed by atoms with Gasteiger partial charge in [0.1, 0.15) is 0 Å². The van der Waals surface area contributed by atoms with Gasteiger partial charge in [-0.2, -0.15) is 0 Å². The second kappa shape index (κ2) is 6.18. The summed E-state index contributed by atoms with van der Waals surface area (Å²) in [5.41, 5.74) is -0.302. The Morgan fingerprint density at radius 3 is 2.00 bits per heavy atom. The quantitative estimate of drug-likeness (QED) is 0.781. The summed E-state index contributed by atoms with van der Waals surface area (Å²) in [6, 6.07) is 0. The van der Waals surface area contributed by atoms with Crippen LogP contribution in [0, 0.1) is 5.92 Å². The van der Waals surface area contributed by atoms with Crippen LogP contribution in [0.2, 0.25) is 0 Å². The van der Waals surface area contributed by atoms with Crippen molar-refractivity contribution in [2.75, 3.05) is 13.6 Å².